The van der Waals surface area contributed by atoms with Crippen molar-refractivity contribution in [1.29, 1.82) is 0 Å². The highest BCUT2D eigenvalue weighted by molar-refractivity contribution is 7.89. The fraction of sp³-hybridized carbons (Fsp3) is 0.429. The summed E-state index contributed by atoms with van der Waals surface area (Å²) in [5.74, 6) is -1.44. The van der Waals surface area contributed by atoms with Crippen LogP contribution in [0.15, 0.2) is 29.2 Å². The van der Waals surface area contributed by atoms with Crippen LogP contribution in [0, 0.1) is 0 Å². The van der Waals surface area contributed by atoms with Crippen molar-refractivity contribution < 1.29 is 27.5 Å². The summed E-state index contributed by atoms with van der Waals surface area (Å²) in [6.07, 6.45) is -1.04. The second kappa shape index (κ2) is 6.86. The van der Waals surface area contributed by atoms with E-state index in [-0.39, 0.29) is 17.4 Å². The maximum atomic E-state index is 12.3. The number of hydrogen-bond acceptors (Lipinski definition) is 6. The zero-order chi connectivity index (χ0) is 17.2. The van der Waals surface area contributed by atoms with Crippen molar-refractivity contribution in [3.8, 4) is 0 Å². The molecular weight excluding hydrogens is 346 g/mol. The second-order valence-corrected chi connectivity index (χ2v) is 7.66. The first-order chi connectivity index (χ1) is 10.7. The van der Waals surface area contributed by atoms with Gasteiger partial charge >= 0.3 is 11.9 Å². The van der Waals surface area contributed by atoms with Crippen molar-refractivity contribution in [2.24, 2.45) is 0 Å². The minimum absolute atomic E-state index is 0.00565. The topological polar surface area (TPSA) is 90.0 Å². The van der Waals surface area contributed by atoms with E-state index >= 15 is 0 Å². The molecule has 0 bridgehead atoms. The van der Waals surface area contributed by atoms with E-state index < -0.39 is 34.6 Å². The van der Waals surface area contributed by atoms with Gasteiger partial charge in [-0.25, -0.2) is 13.2 Å². The first kappa shape index (κ1) is 17.7. The summed E-state index contributed by atoms with van der Waals surface area (Å²) in [5, 5.41) is 0.403. The molecule has 0 radical (unpaired) electrons. The van der Waals surface area contributed by atoms with E-state index in [0.29, 0.717) is 5.02 Å². The average Bonchev–Trinajstić information content (AvgIpc) is 2.77. The van der Waals surface area contributed by atoms with Crippen LogP contribution in [-0.4, -0.2) is 50.5 Å². The lowest BCUT2D eigenvalue weighted by Gasteiger charge is -2.17. The molecule has 1 saturated heterocycles. The van der Waals surface area contributed by atoms with Crippen LogP contribution < -0.4 is 0 Å². The van der Waals surface area contributed by atoms with E-state index in [4.69, 9.17) is 21.1 Å². The molecule has 23 heavy (non-hydrogen) atoms. The molecule has 1 aliphatic rings. The van der Waals surface area contributed by atoms with E-state index in [1.54, 1.807) is 6.92 Å². The van der Waals surface area contributed by atoms with E-state index in [1.165, 1.54) is 31.3 Å². The summed E-state index contributed by atoms with van der Waals surface area (Å²) < 4.78 is 35.3. The van der Waals surface area contributed by atoms with Crippen molar-refractivity contribution in [1.82, 2.24) is 4.31 Å². The number of nitrogens with zero attached hydrogens (tertiary/aromatic N) is 1. The molecule has 0 saturated carbocycles. The molecule has 0 amide bonds. The zero-order valence-corrected chi connectivity index (χ0v) is 14.1. The molecule has 126 valence electrons. The number of carbonyl (C=O) groups excluding carboxylic acids is 2. The largest absolute Gasteiger partial charge is 0.460 e. The predicted molar refractivity (Wildman–Crippen MR) is 81.3 cm³/mol. The summed E-state index contributed by atoms with van der Waals surface area (Å²) >= 11 is 5.72. The molecule has 0 aliphatic carbocycles. The summed E-state index contributed by atoms with van der Waals surface area (Å²) in [6.45, 7) is 1.17. The molecule has 1 heterocycles. The number of carbonyl (C=O) groups is 2. The van der Waals surface area contributed by atoms with E-state index in [9.17, 15) is 18.0 Å². The molecule has 9 heteroatoms. The zero-order valence-electron chi connectivity index (χ0n) is 12.6. The van der Waals surface area contributed by atoms with Gasteiger partial charge in [0, 0.05) is 18.5 Å². The Morgan fingerprint density at radius 1 is 1.39 bits per heavy atom. The molecule has 0 aromatic heterocycles. The van der Waals surface area contributed by atoms with Gasteiger partial charge in [0.25, 0.3) is 0 Å². The van der Waals surface area contributed by atoms with Gasteiger partial charge in [-0.05, 0) is 31.2 Å². The normalized spacial score (nSPS) is 21.3. The number of halogens is 1. The Hall–Kier alpha value is -1.64. The van der Waals surface area contributed by atoms with E-state index in [2.05, 4.69) is 0 Å². The van der Waals surface area contributed by atoms with Gasteiger partial charge in [0.05, 0.1) is 4.90 Å². The predicted octanol–water partition coefficient (Wildman–Crippen LogP) is 1.21. The summed E-state index contributed by atoms with van der Waals surface area (Å²) in [7, 11) is -2.60. The lowest BCUT2D eigenvalue weighted by molar-refractivity contribution is -0.160. The van der Waals surface area contributed by atoms with Crippen LogP contribution in [0.2, 0.25) is 5.02 Å². The summed E-state index contributed by atoms with van der Waals surface area (Å²) in [5.41, 5.74) is 0. The standard InChI is InChI=1S/C14H16ClNO6S/c1-9-7-12(14(18)21-9)22-13(17)8-16(2)23(19,20)11-5-3-10(15)4-6-11/h3-6,9,12H,7-8H2,1-2H3. The summed E-state index contributed by atoms with van der Waals surface area (Å²) in [4.78, 5) is 23.3. The molecule has 1 aromatic rings. The molecule has 7 nitrogen and oxygen atoms in total. The van der Waals surface area contributed by atoms with Crippen molar-refractivity contribution in [2.75, 3.05) is 13.6 Å². The highest BCUT2D eigenvalue weighted by atomic mass is 35.5. The van der Waals surface area contributed by atoms with Gasteiger partial charge in [-0.1, -0.05) is 11.6 Å². The van der Waals surface area contributed by atoms with Crippen molar-refractivity contribution >= 4 is 33.6 Å². The van der Waals surface area contributed by atoms with E-state index in [0.717, 1.165) is 4.31 Å². The quantitative estimate of drug-likeness (QED) is 0.732. The molecule has 1 fully saturated rings. The number of esters is 2. The van der Waals surface area contributed by atoms with Gasteiger partial charge in [0.1, 0.15) is 12.6 Å². The van der Waals surface area contributed by atoms with Crippen LogP contribution in [0.5, 0.6) is 0 Å². The molecule has 2 unspecified atom stereocenters. The Morgan fingerprint density at radius 3 is 2.52 bits per heavy atom. The number of cyclic esters (lactones) is 1. The fourth-order valence-electron chi connectivity index (χ4n) is 2.07. The lowest BCUT2D eigenvalue weighted by atomic mass is 10.2. The Balaban J connectivity index is 2.00. The van der Waals surface area contributed by atoms with Gasteiger partial charge in [-0.15, -0.1) is 0 Å². The van der Waals surface area contributed by atoms with Gasteiger partial charge in [0.15, 0.2) is 0 Å². The SMILES string of the molecule is CC1CC(OC(=O)CN(C)S(=O)(=O)c2ccc(Cl)cc2)C(=O)O1. The minimum Gasteiger partial charge on any atom is -0.460 e. The van der Waals surface area contributed by atoms with Gasteiger partial charge in [-0.2, -0.15) is 4.31 Å². The third-order valence-electron chi connectivity index (χ3n) is 3.27. The van der Waals surface area contributed by atoms with Crippen LogP contribution in [0.4, 0.5) is 0 Å². The monoisotopic (exact) mass is 361 g/mol. The second-order valence-electron chi connectivity index (χ2n) is 5.18. The highest BCUT2D eigenvalue weighted by Gasteiger charge is 2.35. The number of sulfonamides is 1. The maximum absolute atomic E-state index is 12.3. The molecule has 0 N–H and O–H groups in total. The van der Waals surface area contributed by atoms with Gasteiger partial charge in [-0.3, -0.25) is 4.79 Å². The Bertz CT molecular complexity index is 702. The van der Waals surface area contributed by atoms with Gasteiger partial charge < -0.3 is 9.47 Å². The average molecular weight is 362 g/mol. The molecule has 1 aromatic carbocycles. The number of hydrogen-bond donors (Lipinski definition) is 0. The van der Waals surface area contributed by atoms with Crippen LogP contribution >= 0.6 is 11.6 Å². The van der Waals surface area contributed by atoms with Crippen molar-refractivity contribution in [3.63, 3.8) is 0 Å². The smallest absolute Gasteiger partial charge is 0.347 e. The number of benzene rings is 1. The third-order valence-corrected chi connectivity index (χ3v) is 5.34. The first-order valence-corrected chi connectivity index (χ1v) is 8.64. The van der Waals surface area contributed by atoms with Crippen molar-refractivity contribution in [3.05, 3.63) is 29.3 Å². The Kier molecular flexibility index (Phi) is 5.28. The van der Waals surface area contributed by atoms with Crippen LogP contribution in [0.25, 0.3) is 0 Å². The molecule has 2 rings (SSSR count). The number of likely N-dealkylation sites (N-methyl/N-ethyl adjacent to an activating group) is 1. The minimum atomic E-state index is -3.85. The number of rotatable bonds is 5. The summed E-state index contributed by atoms with van der Waals surface area (Å²) in [6, 6.07) is 5.57. The highest BCUT2D eigenvalue weighted by Crippen LogP contribution is 2.19. The lowest BCUT2D eigenvalue weighted by Crippen LogP contribution is -2.35. The molecule has 0 spiro atoms. The van der Waals surface area contributed by atoms with E-state index in [1.807, 2.05) is 0 Å². The third kappa shape index (κ3) is 4.21. The first-order valence-electron chi connectivity index (χ1n) is 6.82. The Morgan fingerprint density at radius 2 is 2.00 bits per heavy atom. The maximum Gasteiger partial charge on any atom is 0.347 e. The van der Waals surface area contributed by atoms with Gasteiger partial charge in [0.2, 0.25) is 16.1 Å². The van der Waals surface area contributed by atoms with Crippen LogP contribution in [-0.2, 0) is 29.1 Å². The molecule has 2 atom stereocenters. The van der Waals surface area contributed by atoms with Crippen LogP contribution in [0.1, 0.15) is 13.3 Å². The van der Waals surface area contributed by atoms with Crippen LogP contribution in [0.3, 0.4) is 0 Å². The number of ether oxygens (including phenoxy) is 2. The molecule has 1 aliphatic heterocycles. The fourth-order valence-corrected chi connectivity index (χ4v) is 3.31. The molecular formula is C14H16ClNO6S. The Labute approximate surface area is 139 Å². The van der Waals surface area contributed by atoms with Crippen molar-refractivity contribution in [2.45, 2.75) is 30.4 Å².